The van der Waals surface area contributed by atoms with E-state index in [1.165, 1.54) is 19.3 Å². The number of nitrogens with zero attached hydrogens (tertiary/aromatic N) is 2. The second kappa shape index (κ2) is 4.81. The molecule has 1 aliphatic carbocycles. The predicted octanol–water partition coefficient (Wildman–Crippen LogP) is 2.61. The molecule has 0 amide bonds. The summed E-state index contributed by atoms with van der Waals surface area (Å²) in [5, 5.41) is 4.22. The SMILES string of the molecule is NC1(c2nc(C3CC4CCC3O4)no2)CCCCCC1. The molecule has 0 spiro atoms. The number of fused-ring (bicyclic) bond motifs is 2. The maximum atomic E-state index is 6.54. The molecule has 2 N–H and O–H groups in total. The number of aromatic nitrogens is 2. The van der Waals surface area contributed by atoms with Gasteiger partial charge in [0.25, 0.3) is 0 Å². The van der Waals surface area contributed by atoms with E-state index in [0.29, 0.717) is 24.0 Å². The molecule has 3 aliphatic rings. The molecule has 20 heavy (non-hydrogen) atoms. The van der Waals surface area contributed by atoms with Crippen molar-refractivity contribution in [3.63, 3.8) is 0 Å². The highest BCUT2D eigenvalue weighted by Crippen LogP contribution is 2.44. The number of hydrogen-bond acceptors (Lipinski definition) is 5. The minimum absolute atomic E-state index is 0.299. The lowest BCUT2D eigenvalue weighted by Crippen LogP contribution is -2.36. The second-order valence-electron chi connectivity index (χ2n) is 6.74. The van der Waals surface area contributed by atoms with Crippen molar-refractivity contribution >= 4 is 0 Å². The van der Waals surface area contributed by atoms with Gasteiger partial charge in [-0.15, -0.1) is 0 Å². The van der Waals surface area contributed by atoms with E-state index >= 15 is 0 Å². The predicted molar refractivity (Wildman–Crippen MR) is 73.1 cm³/mol. The standard InChI is InChI=1S/C15H23N3O2/c16-15(7-3-1-2-4-8-15)14-17-13(18-20-14)11-9-10-5-6-12(11)19-10/h10-12H,1-9,16H2. The lowest BCUT2D eigenvalue weighted by atomic mass is 9.88. The van der Waals surface area contributed by atoms with Crippen LogP contribution in [0.1, 0.15) is 75.4 Å². The van der Waals surface area contributed by atoms with Gasteiger partial charge in [-0.2, -0.15) is 4.98 Å². The third-order valence-electron chi connectivity index (χ3n) is 5.30. The first-order valence-corrected chi connectivity index (χ1v) is 8.03. The second-order valence-corrected chi connectivity index (χ2v) is 6.74. The molecular formula is C15H23N3O2. The Morgan fingerprint density at radius 1 is 1.10 bits per heavy atom. The van der Waals surface area contributed by atoms with Crippen LogP contribution < -0.4 is 5.73 Å². The summed E-state index contributed by atoms with van der Waals surface area (Å²) < 4.78 is 11.4. The Balaban J connectivity index is 1.55. The first-order chi connectivity index (χ1) is 9.74. The summed E-state index contributed by atoms with van der Waals surface area (Å²) >= 11 is 0. The molecule has 4 rings (SSSR count). The van der Waals surface area contributed by atoms with Crippen molar-refractivity contribution in [2.24, 2.45) is 5.73 Å². The largest absolute Gasteiger partial charge is 0.374 e. The average molecular weight is 277 g/mol. The smallest absolute Gasteiger partial charge is 0.246 e. The van der Waals surface area contributed by atoms with Crippen molar-refractivity contribution in [2.45, 2.75) is 81.5 Å². The Morgan fingerprint density at radius 3 is 2.55 bits per heavy atom. The Bertz CT molecular complexity index is 479. The molecule has 5 nitrogen and oxygen atoms in total. The van der Waals surface area contributed by atoms with Crippen LogP contribution in [0.25, 0.3) is 0 Å². The fourth-order valence-corrected chi connectivity index (χ4v) is 4.07. The van der Waals surface area contributed by atoms with E-state index in [4.69, 9.17) is 15.0 Å². The monoisotopic (exact) mass is 277 g/mol. The molecule has 5 heteroatoms. The van der Waals surface area contributed by atoms with Crippen molar-refractivity contribution in [3.8, 4) is 0 Å². The van der Waals surface area contributed by atoms with Crippen LogP contribution in [0, 0.1) is 0 Å². The van der Waals surface area contributed by atoms with Crippen molar-refractivity contribution in [1.82, 2.24) is 10.1 Å². The van der Waals surface area contributed by atoms with Gasteiger partial charge in [-0.1, -0.05) is 30.8 Å². The van der Waals surface area contributed by atoms with Gasteiger partial charge in [-0.3, -0.25) is 0 Å². The molecule has 3 unspecified atom stereocenters. The van der Waals surface area contributed by atoms with E-state index < -0.39 is 5.54 Å². The van der Waals surface area contributed by atoms with Crippen molar-refractivity contribution in [2.75, 3.05) is 0 Å². The van der Waals surface area contributed by atoms with Crippen LogP contribution in [-0.4, -0.2) is 22.3 Å². The summed E-state index contributed by atoms with van der Waals surface area (Å²) in [7, 11) is 0. The lowest BCUT2D eigenvalue weighted by Gasteiger charge is -2.23. The highest BCUT2D eigenvalue weighted by molar-refractivity contribution is 5.10. The van der Waals surface area contributed by atoms with E-state index in [1.54, 1.807) is 0 Å². The summed E-state index contributed by atoms with van der Waals surface area (Å²) in [6.07, 6.45) is 10.8. The van der Waals surface area contributed by atoms with E-state index in [9.17, 15) is 0 Å². The first kappa shape index (κ1) is 12.8. The van der Waals surface area contributed by atoms with Crippen molar-refractivity contribution < 1.29 is 9.26 Å². The Morgan fingerprint density at radius 2 is 1.90 bits per heavy atom. The first-order valence-electron chi connectivity index (χ1n) is 8.03. The zero-order valence-electron chi connectivity index (χ0n) is 11.9. The van der Waals surface area contributed by atoms with E-state index in [2.05, 4.69) is 10.1 Å². The van der Waals surface area contributed by atoms with Crippen LogP contribution in [0.3, 0.4) is 0 Å². The zero-order valence-corrected chi connectivity index (χ0v) is 11.9. The molecule has 1 aromatic rings. The summed E-state index contributed by atoms with van der Waals surface area (Å²) in [4.78, 5) is 4.67. The minimum atomic E-state index is -0.403. The van der Waals surface area contributed by atoms with Gasteiger partial charge >= 0.3 is 0 Å². The van der Waals surface area contributed by atoms with Crippen LogP contribution >= 0.6 is 0 Å². The molecule has 2 bridgehead atoms. The van der Waals surface area contributed by atoms with E-state index in [1.807, 2.05) is 0 Å². The van der Waals surface area contributed by atoms with Gasteiger partial charge in [-0.05, 0) is 32.1 Å². The van der Waals surface area contributed by atoms with E-state index in [-0.39, 0.29) is 0 Å². The van der Waals surface area contributed by atoms with Crippen LogP contribution in [-0.2, 0) is 10.3 Å². The van der Waals surface area contributed by atoms with Crippen LogP contribution in [0.5, 0.6) is 0 Å². The van der Waals surface area contributed by atoms with Gasteiger partial charge in [0.2, 0.25) is 5.89 Å². The van der Waals surface area contributed by atoms with Crippen molar-refractivity contribution in [3.05, 3.63) is 11.7 Å². The van der Waals surface area contributed by atoms with Crippen LogP contribution in [0.4, 0.5) is 0 Å². The quantitative estimate of drug-likeness (QED) is 0.841. The maximum absolute atomic E-state index is 6.54. The number of rotatable bonds is 2. The van der Waals surface area contributed by atoms with Gasteiger partial charge in [0.1, 0.15) is 0 Å². The Labute approximate surface area is 119 Å². The van der Waals surface area contributed by atoms with Gasteiger partial charge in [0.15, 0.2) is 5.82 Å². The molecule has 1 aromatic heterocycles. The van der Waals surface area contributed by atoms with Gasteiger partial charge < -0.3 is 15.0 Å². The Hall–Kier alpha value is -0.940. The molecule has 0 aromatic carbocycles. The molecule has 2 aliphatic heterocycles. The highest BCUT2D eigenvalue weighted by Gasteiger charge is 2.44. The van der Waals surface area contributed by atoms with Gasteiger partial charge in [0, 0.05) is 0 Å². The zero-order chi connectivity index (χ0) is 13.6. The molecule has 3 heterocycles. The van der Waals surface area contributed by atoms with E-state index in [0.717, 1.165) is 44.3 Å². The summed E-state index contributed by atoms with van der Waals surface area (Å²) in [6.45, 7) is 0. The van der Waals surface area contributed by atoms with Crippen molar-refractivity contribution in [1.29, 1.82) is 0 Å². The summed E-state index contributed by atoms with van der Waals surface area (Å²) in [6, 6.07) is 0. The highest BCUT2D eigenvalue weighted by atomic mass is 16.5. The minimum Gasteiger partial charge on any atom is -0.374 e. The average Bonchev–Trinajstić information content (AvgIpc) is 3.15. The molecule has 0 radical (unpaired) electrons. The third kappa shape index (κ3) is 2.07. The fraction of sp³-hybridized carbons (Fsp3) is 0.867. The molecule has 1 saturated carbocycles. The number of nitrogens with two attached hydrogens (primary N) is 1. The normalized spacial score (nSPS) is 36.1. The summed E-state index contributed by atoms with van der Waals surface area (Å²) in [5.74, 6) is 1.79. The molecule has 3 atom stereocenters. The van der Waals surface area contributed by atoms with Gasteiger partial charge in [-0.25, -0.2) is 0 Å². The molecule has 110 valence electrons. The molecule has 2 saturated heterocycles. The number of hydrogen-bond donors (Lipinski definition) is 1. The topological polar surface area (TPSA) is 74.2 Å². The lowest BCUT2D eigenvalue weighted by molar-refractivity contribution is 0.0996. The Kier molecular flexibility index (Phi) is 3.07. The van der Waals surface area contributed by atoms with Gasteiger partial charge in [0.05, 0.1) is 23.7 Å². The fourth-order valence-electron chi connectivity index (χ4n) is 4.07. The third-order valence-corrected chi connectivity index (χ3v) is 5.30. The van der Waals surface area contributed by atoms with Crippen LogP contribution in [0.15, 0.2) is 4.52 Å². The number of ether oxygens (including phenoxy) is 1. The van der Waals surface area contributed by atoms with Crippen LogP contribution in [0.2, 0.25) is 0 Å². The summed E-state index contributed by atoms with van der Waals surface area (Å²) in [5.41, 5.74) is 6.14. The molecule has 3 fully saturated rings. The molecular weight excluding hydrogens is 254 g/mol. The maximum Gasteiger partial charge on any atom is 0.246 e.